The van der Waals surface area contributed by atoms with Crippen molar-refractivity contribution in [2.24, 2.45) is 0 Å². The largest absolute Gasteiger partial charge is 0.470 e. The first-order valence-electron chi connectivity index (χ1n) is 11.3. The predicted molar refractivity (Wildman–Crippen MR) is 137 cm³/mol. The Hall–Kier alpha value is -4.70. The second-order valence-corrected chi connectivity index (χ2v) is 8.36. The summed E-state index contributed by atoms with van der Waals surface area (Å²) in [5, 5.41) is 3.27. The van der Waals surface area contributed by atoms with Gasteiger partial charge >= 0.3 is 0 Å². The van der Waals surface area contributed by atoms with Gasteiger partial charge < -0.3 is 4.42 Å². The molecule has 0 saturated carbocycles. The van der Waals surface area contributed by atoms with Gasteiger partial charge in [-0.2, -0.15) is 0 Å². The van der Waals surface area contributed by atoms with Crippen LogP contribution in [0.15, 0.2) is 120 Å². The van der Waals surface area contributed by atoms with E-state index >= 15 is 0 Å². The molecule has 0 spiro atoms. The van der Waals surface area contributed by atoms with Gasteiger partial charge in [-0.25, -0.2) is 9.97 Å². The van der Waals surface area contributed by atoms with E-state index in [-0.39, 0.29) is 0 Å². The van der Waals surface area contributed by atoms with Gasteiger partial charge in [0.2, 0.25) is 5.95 Å². The Bertz CT molecular complexity index is 1740. The molecule has 0 aliphatic carbocycles. The summed E-state index contributed by atoms with van der Waals surface area (Å²) in [6.07, 6.45) is 3.42. The highest BCUT2D eigenvalue weighted by Crippen LogP contribution is 2.34. The van der Waals surface area contributed by atoms with Crippen molar-refractivity contribution >= 4 is 32.7 Å². The first-order valence-corrected chi connectivity index (χ1v) is 11.3. The third-order valence-corrected chi connectivity index (χ3v) is 6.37. The zero-order chi connectivity index (χ0) is 22.5. The summed E-state index contributed by atoms with van der Waals surface area (Å²) < 4.78 is 7.69. The number of aromatic nitrogens is 3. The summed E-state index contributed by atoms with van der Waals surface area (Å²) in [4.78, 5) is 9.97. The summed E-state index contributed by atoms with van der Waals surface area (Å²) in [5.41, 5.74) is 7.19. The van der Waals surface area contributed by atoms with Gasteiger partial charge in [0.15, 0.2) is 0 Å². The van der Waals surface area contributed by atoms with Gasteiger partial charge in [0, 0.05) is 16.3 Å². The summed E-state index contributed by atoms with van der Waals surface area (Å²) in [6.45, 7) is 0. The topological polar surface area (TPSA) is 43.9 Å². The molecule has 7 rings (SSSR count). The van der Waals surface area contributed by atoms with Crippen LogP contribution in [-0.2, 0) is 0 Å². The van der Waals surface area contributed by atoms with Crippen LogP contribution in [-0.4, -0.2) is 14.5 Å². The van der Waals surface area contributed by atoms with E-state index in [2.05, 4.69) is 102 Å². The maximum atomic E-state index is 5.56. The molecular weight excluding hydrogens is 418 g/mol. The van der Waals surface area contributed by atoms with E-state index in [1.54, 1.807) is 12.5 Å². The van der Waals surface area contributed by atoms with E-state index in [9.17, 15) is 0 Å². The standard InChI is InChI=1S/C30H19N3O/c1-2-8-20(9-3-1)21-14-16-22(17-15-21)29-25-18-34-19-26(25)31-30(32-29)33-27-12-6-4-10-23(27)24-11-5-7-13-28(24)33/h1-19H. The average molecular weight is 438 g/mol. The lowest BCUT2D eigenvalue weighted by molar-refractivity contribution is 0.572. The van der Waals surface area contributed by atoms with Crippen LogP contribution in [0.1, 0.15) is 0 Å². The van der Waals surface area contributed by atoms with E-state index in [1.165, 1.54) is 21.9 Å². The number of rotatable bonds is 3. The Morgan fingerprint density at radius 3 is 1.79 bits per heavy atom. The fourth-order valence-electron chi connectivity index (χ4n) is 4.76. The number of para-hydroxylation sites is 2. The quantitative estimate of drug-likeness (QED) is 0.285. The number of fused-ring (bicyclic) bond motifs is 4. The fraction of sp³-hybridized carbons (Fsp3) is 0. The molecule has 4 heteroatoms. The van der Waals surface area contributed by atoms with Gasteiger partial charge in [0.05, 0.1) is 22.1 Å². The van der Waals surface area contributed by atoms with Crippen molar-refractivity contribution in [2.75, 3.05) is 0 Å². The number of hydrogen-bond donors (Lipinski definition) is 0. The van der Waals surface area contributed by atoms with E-state index < -0.39 is 0 Å². The molecule has 0 aliphatic heterocycles. The molecule has 0 aliphatic rings. The third kappa shape index (κ3) is 2.86. The van der Waals surface area contributed by atoms with Gasteiger partial charge in [0.25, 0.3) is 0 Å². The van der Waals surface area contributed by atoms with E-state index in [1.807, 2.05) is 6.07 Å². The third-order valence-electron chi connectivity index (χ3n) is 6.37. The van der Waals surface area contributed by atoms with Crippen LogP contribution in [0.4, 0.5) is 0 Å². The Morgan fingerprint density at radius 2 is 1.09 bits per heavy atom. The van der Waals surface area contributed by atoms with Gasteiger partial charge in [0.1, 0.15) is 18.0 Å². The Kier molecular flexibility index (Phi) is 4.11. The molecule has 3 heterocycles. The minimum atomic E-state index is 0.633. The summed E-state index contributed by atoms with van der Waals surface area (Å²) >= 11 is 0. The minimum Gasteiger partial charge on any atom is -0.470 e. The van der Waals surface area contributed by atoms with Crippen LogP contribution >= 0.6 is 0 Å². The summed E-state index contributed by atoms with van der Waals surface area (Å²) in [6, 6.07) is 35.7. The van der Waals surface area contributed by atoms with Crippen LogP contribution in [0, 0.1) is 0 Å². The van der Waals surface area contributed by atoms with Crippen molar-refractivity contribution in [3.05, 3.63) is 116 Å². The van der Waals surface area contributed by atoms with Gasteiger partial charge in [-0.1, -0.05) is 91.0 Å². The van der Waals surface area contributed by atoms with Gasteiger partial charge in [-0.15, -0.1) is 0 Å². The van der Waals surface area contributed by atoms with Crippen molar-refractivity contribution in [3.8, 4) is 28.3 Å². The minimum absolute atomic E-state index is 0.633. The lowest BCUT2D eigenvalue weighted by Crippen LogP contribution is -2.02. The molecule has 0 radical (unpaired) electrons. The van der Waals surface area contributed by atoms with E-state index in [0.29, 0.717) is 5.95 Å². The zero-order valence-corrected chi connectivity index (χ0v) is 18.2. The van der Waals surface area contributed by atoms with Crippen LogP contribution in [0.2, 0.25) is 0 Å². The highest BCUT2D eigenvalue weighted by atomic mass is 16.3. The van der Waals surface area contributed by atoms with Crippen molar-refractivity contribution in [1.82, 2.24) is 14.5 Å². The van der Waals surface area contributed by atoms with Crippen LogP contribution in [0.3, 0.4) is 0 Å². The Morgan fingerprint density at radius 1 is 0.500 bits per heavy atom. The molecular formula is C30H19N3O. The maximum Gasteiger partial charge on any atom is 0.235 e. The van der Waals surface area contributed by atoms with Crippen LogP contribution in [0.5, 0.6) is 0 Å². The van der Waals surface area contributed by atoms with E-state index in [0.717, 1.165) is 33.2 Å². The highest BCUT2D eigenvalue weighted by molar-refractivity contribution is 6.09. The molecule has 160 valence electrons. The molecule has 34 heavy (non-hydrogen) atoms. The molecule has 4 aromatic carbocycles. The highest BCUT2D eigenvalue weighted by Gasteiger charge is 2.17. The SMILES string of the molecule is c1ccc(-c2ccc(-c3nc(-n4c5ccccc5c5ccccc54)nc4cocc34)cc2)cc1. The summed E-state index contributed by atoms with van der Waals surface area (Å²) in [7, 11) is 0. The monoisotopic (exact) mass is 437 g/mol. The van der Waals surface area contributed by atoms with Crippen molar-refractivity contribution in [1.29, 1.82) is 0 Å². The molecule has 0 amide bonds. The predicted octanol–water partition coefficient (Wildman–Crippen LogP) is 7.65. The molecule has 0 bridgehead atoms. The first-order chi connectivity index (χ1) is 16.9. The van der Waals surface area contributed by atoms with Crippen molar-refractivity contribution in [3.63, 3.8) is 0 Å². The maximum absolute atomic E-state index is 5.56. The van der Waals surface area contributed by atoms with Gasteiger partial charge in [-0.05, 0) is 23.3 Å². The Balaban J connectivity index is 1.46. The molecule has 4 nitrogen and oxygen atoms in total. The smallest absolute Gasteiger partial charge is 0.235 e. The lowest BCUT2D eigenvalue weighted by Gasteiger charge is -2.10. The molecule has 0 unspecified atom stereocenters. The van der Waals surface area contributed by atoms with Crippen LogP contribution < -0.4 is 0 Å². The normalized spacial score (nSPS) is 11.5. The molecule has 0 atom stereocenters. The number of nitrogens with zero attached hydrogens (tertiary/aromatic N) is 3. The first kappa shape index (κ1) is 18.8. The molecule has 3 aromatic heterocycles. The molecule has 0 N–H and O–H groups in total. The summed E-state index contributed by atoms with van der Waals surface area (Å²) in [5.74, 6) is 0.633. The lowest BCUT2D eigenvalue weighted by atomic mass is 10.0. The average Bonchev–Trinajstić information content (AvgIpc) is 3.51. The number of benzene rings is 4. The van der Waals surface area contributed by atoms with Crippen molar-refractivity contribution < 1.29 is 4.42 Å². The molecule has 0 saturated heterocycles. The number of furan rings is 1. The zero-order valence-electron chi connectivity index (χ0n) is 18.2. The fourth-order valence-corrected chi connectivity index (χ4v) is 4.76. The van der Waals surface area contributed by atoms with Crippen LogP contribution in [0.25, 0.3) is 61.0 Å². The van der Waals surface area contributed by atoms with E-state index in [4.69, 9.17) is 14.4 Å². The number of hydrogen-bond acceptors (Lipinski definition) is 3. The van der Waals surface area contributed by atoms with Gasteiger partial charge in [-0.3, -0.25) is 4.57 Å². The second-order valence-electron chi connectivity index (χ2n) is 8.36. The second kappa shape index (κ2) is 7.42. The molecule has 0 fully saturated rings. The molecule has 7 aromatic rings. The van der Waals surface area contributed by atoms with Crippen molar-refractivity contribution in [2.45, 2.75) is 0 Å². The Labute approximate surface area is 195 Å².